The number of hydrogen-bond donors (Lipinski definition) is 0. The number of carbonyl (C=O) groups excluding carboxylic acids is 2. The Balaban J connectivity index is 3.82. The van der Waals surface area contributed by atoms with Crippen molar-refractivity contribution in [1.82, 2.24) is 0 Å². The fourth-order valence-electron chi connectivity index (χ4n) is 0.130. The molecule has 0 saturated carbocycles. The van der Waals surface area contributed by atoms with Crippen molar-refractivity contribution in [2.24, 2.45) is 4.99 Å². The molecule has 0 aromatic rings. The number of hydrogen-bond acceptors (Lipinski definition) is 3. The van der Waals surface area contributed by atoms with E-state index < -0.39 is 11.3 Å². The molecule has 0 N–H and O–H groups in total. The first-order valence-corrected chi connectivity index (χ1v) is 2.32. The van der Waals surface area contributed by atoms with Gasteiger partial charge in [0.1, 0.15) is 6.04 Å². The van der Waals surface area contributed by atoms with Crippen LogP contribution in [0.1, 0.15) is 6.92 Å². The summed E-state index contributed by atoms with van der Waals surface area (Å²) in [6.45, 7) is 1.42. The maximum atomic E-state index is 10.0. The van der Waals surface area contributed by atoms with Gasteiger partial charge in [-0.2, -0.15) is 4.99 Å². The molecule has 0 heterocycles. The van der Waals surface area contributed by atoms with E-state index >= 15 is 0 Å². The van der Waals surface area contributed by atoms with E-state index in [2.05, 4.69) is 4.99 Å². The molecule has 0 amide bonds. The summed E-state index contributed by atoms with van der Waals surface area (Å²) in [6.07, 6.45) is 1.22. The van der Waals surface area contributed by atoms with E-state index in [1.807, 2.05) is 0 Å². The molecule has 4 heteroatoms. The zero-order valence-electron chi connectivity index (χ0n) is 4.22. The smallest absolute Gasteiger partial charge is 0.246 e. The van der Waals surface area contributed by atoms with E-state index in [0.717, 1.165) is 0 Å². The lowest BCUT2D eigenvalue weighted by atomic mass is 10.4. The van der Waals surface area contributed by atoms with Gasteiger partial charge in [0.25, 0.3) is 0 Å². The minimum absolute atomic E-state index is 0.645. The molecule has 3 nitrogen and oxygen atoms in total. The SMILES string of the molecule is C[C@H](N=C=O)C(=O)Cl. The van der Waals surface area contributed by atoms with Crippen LogP contribution in [0.25, 0.3) is 0 Å². The third kappa shape index (κ3) is 2.50. The van der Waals surface area contributed by atoms with Crippen molar-refractivity contribution in [3.63, 3.8) is 0 Å². The van der Waals surface area contributed by atoms with E-state index in [1.165, 1.54) is 13.0 Å². The Bertz CT molecular complexity index is 137. The van der Waals surface area contributed by atoms with Gasteiger partial charge < -0.3 is 0 Å². The Kier molecular flexibility index (Phi) is 3.08. The van der Waals surface area contributed by atoms with Gasteiger partial charge >= 0.3 is 0 Å². The van der Waals surface area contributed by atoms with Crippen molar-refractivity contribution in [2.75, 3.05) is 0 Å². The summed E-state index contributed by atoms with van der Waals surface area (Å²) in [4.78, 5) is 22.5. The summed E-state index contributed by atoms with van der Waals surface area (Å²) < 4.78 is 0. The molecule has 8 heavy (non-hydrogen) atoms. The van der Waals surface area contributed by atoms with Gasteiger partial charge in [-0.05, 0) is 18.5 Å². The largest absolute Gasteiger partial charge is 0.279 e. The Morgan fingerprint density at radius 3 is 2.50 bits per heavy atom. The molecule has 0 aliphatic rings. The van der Waals surface area contributed by atoms with Crippen LogP contribution in [-0.4, -0.2) is 17.4 Å². The van der Waals surface area contributed by atoms with Gasteiger partial charge in [0.15, 0.2) is 0 Å². The molecule has 0 saturated heterocycles. The lowest BCUT2D eigenvalue weighted by Crippen LogP contribution is -2.05. The summed E-state index contributed by atoms with van der Waals surface area (Å²) in [5.74, 6) is 0. The molecule has 0 unspecified atom stereocenters. The monoisotopic (exact) mass is 133 g/mol. The van der Waals surface area contributed by atoms with Crippen molar-refractivity contribution in [3.05, 3.63) is 0 Å². The minimum atomic E-state index is -0.755. The summed E-state index contributed by atoms with van der Waals surface area (Å²) >= 11 is 4.90. The van der Waals surface area contributed by atoms with E-state index in [4.69, 9.17) is 11.6 Å². The average molecular weight is 134 g/mol. The zero-order chi connectivity index (χ0) is 6.57. The molecule has 0 aromatic carbocycles. The van der Waals surface area contributed by atoms with Gasteiger partial charge in [0.2, 0.25) is 11.3 Å². The van der Waals surface area contributed by atoms with Crippen molar-refractivity contribution in [2.45, 2.75) is 13.0 Å². The fraction of sp³-hybridized carbons (Fsp3) is 0.500. The number of nitrogens with zero attached hydrogens (tertiary/aromatic N) is 1. The first-order valence-electron chi connectivity index (χ1n) is 1.95. The van der Waals surface area contributed by atoms with Crippen LogP contribution in [0, 0.1) is 0 Å². The molecular formula is C4H4ClNO2. The second kappa shape index (κ2) is 3.36. The summed E-state index contributed by atoms with van der Waals surface area (Å²) in [5.41, 5.74) is 0. The first kappa shape index (κ1) is 7.34. The highest BCUT2D eigenvalue weighted by atomic mass is 35.5. The summed E-state index contributed by atoms with van der Waals surface area (Å²) in [5, 5.41) is -0.645. The zero-order valence-corrected chi connectivity index (χ0v) is 4.97. The van der Waals surface area contributed by atoms with Crippen LogP contribution in [-0.2, 0) is 9.59 Å². The molecular weight excluding hydrogens is 130 g/mol. The summed E-state index contributed by atoms with van der Waals surface area (Å²) in [7, 11) is 0. The van der Waals surface area contributed by atoms with Crippen LogP contribution in [0.2, 0.25) is 0 Å². The predicted octanol–water partition coefficient (Wildman–Crippen LogP) is 0.476. The molecule has 0 bridgehead atoms. The maximum absolute atomic E-state index is 10.0. The molecule has 0 aliphatic heterocycles. The second-order valence-corrected chi connectivity index (χ2v) is 1.57. The van der Waals surface area contributed by atoms with Gasteiger partial charge in [-0.25, -0.2) is 4.79 Å². The molecule has 0 fully saturated rings. The number of carbonyl (C=O) groups is 1. The van der Waals surface area contributed by atoms with Gasteiger partial charge in [-0.1, -0.05) is 0 Å². The number of rotatable bonds is 2. The van der Waals surface area contributed by atoms with Gasteiger partial charge in [0.05, 0.1) is 0 Å². The molecule has 0 rings (SSSR count). The van der Waals surface area contributed by atoms with Crippen molar-refractivity contribution in [1.29, 1.82) is 0 Å². The van der Waals surface area contributed by atoms with Crippen LogP contribution >= 0.6 is 11.6 Å². The van der Waals surface area contributed by atoms with Crippen LogP contribution in [0.4, 0.5) is 0 Å². The molecule has 0 radical (unpaired) electrons. The van der Waals surface area contributed by atoms with Gasteiger partial charge in [-0.3, -0.25) is 4.79 Å². The van der Waals surface area contributed by atoms with E-state index in [1.54, 1.807) is 0 Å². The highest BCUT2D eigenvalue weighted by Crippen LogP contribution is 1.92. The Morgan fingerprint density at radius 1 is 1.88 bits per heavy atom. The Labute approximate surface area is 51.4 Å². The maximum Gasteiger partial charge on any atom is 0.246 e. The van der Waals surface area contributed by atoms with Crippen molar-refractivity contribution < 1.29 is 9.59 Å². The molecule has 0 aliphatic carbocycles. The van der Waals surface area contributed by atoms with Crippen LogP contribution in [0.5, 0.6) is 0 Å². The standard InChI is InChI=1S/C4H4ClNO2/c1-3(4(5)8)6-2-7/h3H,1H3/t3-/m0/s1. The topological polar surface area (TPSA) is 46.5 Å². The lowest BCUT2D eigenvalue weighted by molar-refractivity contribution is -0.112. The molecule has 44 valence electrons. The number of halogens is 1. The van der Waals surface area contributed by atoms with Crippen LogP contribution in [0.15, 0.2) is 4.99 Å². The van der Waals surface area contributed by atoms with E-state index in [-0.39, 0.29) is 0 Å². The van der Waals surface area contributed by atoms with Gasteiger partial charge in [0, 0.05) is 0 Å². The molecule has 0 spiro atoms. The quantitative estimate of drug-likeness (QED) is 0.312. The first-order chi connectivity index (χ1) is 3.68. The highest BCUT2D eigenvalue weighted by Gasteiger charge is 2.05. The Morgan fingerprint density at radius 2 is 2.38 bits per heavy atom. The minimum Gasteiger partial charge on any atom is -0.279 e. The summed E-state index contributed by atoms with van der Waals surface area (Å²) in [6, 6.07) is -0.755. The highest BCUT2D eigenvalue weighted by molar-refractivity contribution is 6.64. The second-order valence-electron chi connectivity index (χ2n) is 1.20. The van der Waals surface area contributed by atoms with Crippen LogP contribution in [0.3, 0.4) is 0 Å². The van der Waals surface area contributed by atoms with E-state index in [0.29, 0.717) is 0 Å². The van der Waals surface area contributed by atoms with Gasteiger partial charge in [-0.15, -0.1) is 0 Å². The van der Waals surface area contributed by atoms with Crippen molar-refractivity contribution in [3.8, 4) is 0 Å². The molecule has 1 atom stereocenters. The van der Waals surface area contributed by atoms with E-state index in [9.17, 15) is 9.59 Å². The molecule has 0 aromatic heterocycles. The number of isocyanates is 1. The predicted molar refractivity (Wildman–Crippen MR) is 28.4 cm³/mol. The van der Waals surface area contributed by atoms with Crippen molar-refractivity contribution >= 4 is 22.9 Å². The van der Waals surface area contributed by atoms with Crippen LogP contribution < -0.4 is 0 Å². The Hall–Kier alpha value is -0.660. The third-order valence-electron chi connectivity index (χ3n) is 0.575. The average Bonchev–Trinajstić information content (AvgIpc) is 1.67. The fourth-order valence-corrected chi connectivity index (χ4v) is 0.179. The number of aliphatic imine (C=N–C) groups is 1. The third-order valence-corrected chi connectivity index (χ3v) is 0.891. The normalized spacial score (nSPS) is 11.8. The lowest BCUT2D eigenvalue weighted by Gasteiger charge is -1.89.